The largest absolute Gasteiger partial charge is 0.481 e. The van der Waals surface area contributed by atoms with Gasteiger partial charge >= 0.3 is 5.97 Å². The highest BCUT2D eigenvalue weighted by Crippen LogP contribution is 2.17. The van der Waals surface area contributed by atoms with Crippen LogP contribution in [-0.2, 0) is 17.6 Å². The molecule has 27 heavy (non-hydrogen) atoms. The Morgan fingerprint density at radius 2 is 1.70 bits per heavy atom. The first-order chi connectivity index (χ1) is 13.0. The van der Waals surface area contributed by atoms with E-state index in [1.165, 1.54) is 11.1 Å². The van der Waals surface area contributed by atoms with Crippen molar-refractivity contribution in [2.24, 2.45) is 10.9 Å². The predicted molar refractivity (Wildman–Crippen MR) is 111 cm³/mol. The van der Waals surface area contributed by atoms with Gasteiger partial charge in [0, 0.05) is 13.0 Å². The molecular formula is C23H30N2O2. The summed E-state index contributed by atoms with van der Waals surface area (Å²) in [6, 6.07) is 18.3. The van der Waals surface area contributed by atoms with Gasteiger partial charge in [0.15, 0.2) is 0 Å². The molecule has 1 heterocycles. The van der Waals surface area contributed by atoms with E-state index in [0.717, 1.165) is 37.3 Å². The lowest BCUT2D eigenvalue weighted by Crippen LogP contribution is -2.20. The number of carboxylic acid groups (broad SMARTS) is 1. The molecule has 0 saturated carbocycles. The lowest BCUT2D eigenvalue weighted by atomic mass is 9.97. The standard InChI is InChI=1S/C13H18O2.C10H12N2/c1-9(2)8-11-4-6-12(7-5-11)10(3)13(14)15;1-2-4-9(5-3-1)8-10-11-6-7-12-10/h4-7,9-10H,8H2,1-3H3,(H,14,15);1-5H,6-8H2,(H,11,12). The Balaban J connectivity index is 0.000000198. The van der Waals surface area contributed by atoms with Gasteiger partial charge in [-0.2, -0.15) is 0 Å². The molecule has 2 N–H and O–H groups in total. The molecule has 0 fully saturated rings. The van der Waals surface area contributed by atoms with Crippen LogP contribution in [0.2, 0.25) is 0 Å². The predicted octanol–water partition coefficient (Wildman–Crippen LogP) is 4.30. The summed E-state index contributed by atoms with van der Waals surface area (Å²) in [6.07, 6.45) is 1.99. The SMILES string of the molecule is CC(C)Cc1ccc(C(C)C(=O)O)cc1.c1ccc(CC2=NCCN2)cc1. The van der Waals surface area contributed by atoms with Crippen LogP contribution in [0.25, 0.3) is 0 Å². The quantitative estimate of drug-likeness (QED) is 0.801. The van der Waals surface area contributed by atoms with Crippen LogP contribution in [-0.4, -0.2) is 30.0 Å². The molecule has 3 rings (SSSR count). The zero-order valence-electron chi connectivity index (χ0n) is 16.5. The second kappa shape index (κ2) is 10.5. The van der Waals surface area contributed by atoms with Crippen molar-refractivity contribution < 1.29 is 9.90 Å². The molecule has 0 aromatic heterocycles. The van der Waals surface area contributed by atoms with Crippen LogP contribution in [0.4, 0.5) is 0 Å². The van der Waals surface area contributed by atoms with Gasteiger partial charge in [-0.15, -0.1) is 0 Å². The molecule has 144 valence electrons. The molecule has 0 spiro atoms. The molecular weight excluding hydrogens is 336 g/mol. The Morgan fingerprint density at radius 3 is 2.22 bits per heavy atom. The van der Waals surface area contributed by atoms with E-state index in [0.29, 0.717) is 5.92 Å². The van der Waals surface area contributed by atoms with Gasteiger partial charge < -0.3 is 10.4 Å². The van der Waals surface area contributed by atoms with Crippen LogP contribution in [0.5, 0.6) is 0 Å². The number of nitrogens with zero attached hydrogens (tertiary/aromatic N) is 1. The summed E-state index contributed by atoms with van der Waals surface area (Å²) >= 11 is 0. The number of aliphatic carboxylic acids is 1. The van der Waals surface area contributed by atoms with Gasteiger partial charge in [-0.05, 0) is 36.0 Å². The molecule has 0 radical (unpaired) electrons. The molecule has 4 nitrogen and oxygen atoms in total. The minimum absolute atomic E-state index is 0.418. The van der Waals surface area contributed by atoms with E-state index in [2.05, 4.69) is 48.4 Å². The van der Waals surface area contributed by atoms with Crippen molar-refractivity contribution in [3.63, 3.8) is 0 Å². The maximum absolute atomic E-state index is 10.8. The average molecular weight is 367 g/mol. The van der Waals surface area contributed by atoms with E-state index in [4.69, 9.17) is 5.11 Å². The molecule has 1 aliphatic heterocycles. The summed E-state index contributed by atoms with van der Waals surface area (Å²) in [5.74, 6) is 0.568. The molecule has 1 atom stereocenters. The highest BCUT2D eigenvalue weighted by molar-refractivity contribution is 5.85. The zero-order valence-corrected chi connectivity index (χ0v) is 16.5. The third kappa shape index (κ3) is 7.26. The first kappa shape index (κ1) is 20.7. The topological polar surface area (TPSA) is 61.7 Å². The van der Waals surface area contributed by atoms with Gasteiger partial charge in [-0.1, -0.05) is 68.4 Å². The number of carbonyl (C=O) groups is 1. The van der Waals surface area contributed by atoms with Crippen molar-refractivity contribution in [2.75, 3.05) is 13.1 Å². The maximum atomic E-state index is 10.8. The van der Waals surface area contributed by atoms with Crippen LogP contribution in [0, 0.1) is 5.92 Å². The monoisotopic (exact) mass is 366 g/mol. The fraction of sp³-hybridized carbons (Fsp3) is 0.391. The first-order valence-corrected chi connectivity index (χ1v) is 9.58. The lowest BCUT2D eigenvalue weighted by Gasteiger charge is -2.09. The average Bonchev–Trinajstić information content (AvgIpc) is 3.15. The number of rotatable bonds is 6. The maximum Gasteiger partial charge on any atom is 0.310 e. The Morgan fingerprint density at radius 1 is 1.04 bits per heavy atom. The smallest absolute Gasteiger partial charge is 0.310 e. The third-order valence-electron chi connectivity index (χ3n) is 4.45. The van der Waals surface area contributed by atoms with E-state index in [1.807, 2.05) is 30.3 Å². The first-order valence-electron chi connectivity index (χ1n) is 9.58. The number of amidine groups is 1. The van der Waals surface area contributed by atoms with Crippen molar-refractivity contribution in [3.05, 3.63) is 71.3 Å². The molecule has 0 aliphatic carbocycles. The Bertz CT molecular complexity index is 737. The number of hydrogen-bond acceptors (Lipinski definition) is 3. The summed E-state index contributed by atoms with van der Waals surface area (Å²) in [7, 11) is 0. The highest BCUT2D eigenvalue weighted by atomic mass is 16.4. The summed E-state index contributed by atoms with van der Waals surface area (Å²) in [6.45, 7) is 7.99. The van der Waals surface area contributed by atoms with E-state index in [-0.39, 0.29) is 0 Å². The van der Waals surface area contributed by atoms with E-state index >= 15 is 0 Å². The number of nitrogens with one attached hydrogen (secondary N) is 1. The molecule has 1 unspecified atom stereocenters. The molecule has 2 aromatic rings. The van der Waals surface area contributed by atoms with Gasteiger partial charge in [0.1, 0.15) is 5.84 Å². The van der Waals surface area contributed by atoms with Crippen LogP contribution >= 0.6 is 0 Å². The van der Waals surface area contributed by atoms with E-state index < -0.39 is 11.9 Å². The van der Waals surface area contributed by atoms with E-state index in [9.17, 15) is 4.79 Å². The van der Waals surface area contributed by atoms with Gasteiger partial charge in [0.25, 0.3) is 0 Å². The van der Waals surface area contributed by atoms with Gasteiger partial charge in [-0.25, -0.2) is 0 Å². The summed E-state index contributed by atoms with van der Waals surface area (Å²) in [5.41, 5.74) is 3.46. The van der Waals surface area contributed by atoms with Crippen molar-refractivity contribution in [1.82, 2.24) is 5.32 Å². The fourth-order valence-corrected chi connectivity index (χ4v) is 2.91. The van der Waals surface area contributed by atoms with Crippen LogP contribution in [0.1, 0.15) is 43.4 Å². The van der Waals surface area contributed by atoms with Crippen molar-refractivity contribution in [1.29, 1.82) is 0 Å². The second-order valence-corrected chi connectivity index (χ2v) is 7.32. The Hall–Kier alpha value is -2.62. The van der Waals surface area contributed by atoms with Crippen LogP contribution in [0.15, 0.2) is 59.6 Å². The lowest BCUT2D eigenvalue weighted by molar-refractivity contribution is -0.138. The molecule has 0 bridgehead atoms. The highest BCUT2D eigenvalue weighted by Gasteiger charge is 2.12. The fourth-order valence-electron chi connectivity index (χ4n) is 2.91. The molecule has 0 amide bonds. The number of hydrogen-bond donors (Lipinski definition) is 2. The number of benzene rings is 2. The molecule has 0 saturated heterocycles. The van der Waals surface area contributed by atoms with E-state index in [1.54, 1.807) is 6.92 Å². The summed E-state index contributed by atoms with van der Waals surface area (Å²) < 4.78 is 0. The normalized spacial score (nSPS) is 14.0. The summed E-state index contributed by atoms with van der Waals surface area (Å²) in [5, 5.41) is 12.1. The summed E-state index contributed by atoms with van der Waals surface area (Å²) in [4.78, 5) is 15.1. The third-order valence-corrected chi connectivity index (χ3v) is 4.45. The van der Waals surface area contributed by atoms with Crippen LogP contribution < -0.4 is 5.32 Å². The number of aliphatic imine (C=N–C) groups is 1. The van der Waals surface area contributed by atoms with Gasteiger partial charge in [0.05, 0.1) is 12.5 Å². The Labute approximate surface area is 162 Å². The zero-order chi connectivity index (χ0) is 19.6. The van der Waals surface area contributed by atoms with Crippen molar-refractivity contribution in [3.8, 4) is 0 Å². The van der Waals surface area contributed by atoms with Crippen LogP contribution in [0.3, 0.4) is 0 Å². The molecule has 4 heteroatoms. The Kier molecular flexibility index (Phi) is 8.05. The minimum Gasteiger partial charge on any atom is -0.481 e. The number of carboxylic acids is 1. The molecule has 2 aromatic carbocycles. The van der Waals surface area contributed by atoms with Gasteiger partial charge in [-0.3, -0.25) is 9.79 Å². The molecule has 1 aliphatic rings. The second-order valence-electron chi connectivity index (χ2n) is 7.32. The van der Waals surface area contributed by atoms with Gasteiger partial charge in [0.2, 0.25) is 0 Å². The van der Waals surface area contributed by atoms with Crippen molar-refractivity contribution in [2.45, 2.75) is 39.5 Å². The van der Waals surface area contributed by atoms with Crippen molar-refractivity contribution >= 4 is 11.8 Å². The minimum atomic E-state index is -0.772.